The minimum absolute atomic E-state index is 0.00533. The van der Waals surface area contributed by atoms with Gasteiger partial charge < -0.3 is 5.32 Å². The second-order valence-corrected chi connectivity index (χ2v) is 11.7. The van der Waals surface area contributed by atoms with Crippen molar-refractivity contribution in [3.8, 4) is 0 Å². The highest BCUT2D eigenvalue weighted by atomic mass is 32.2. The van der Waals surface area contributed by atoms with E-state index >= 15 is 0 Å². The predicted molar refractivity (Wildman–Crippen MR) is 103 cm³/mol. The van der Waals surface area contributed by atoms with E-state index in [2.05, 4.69) is 5.32 Å². The Bertz CT molecular complexity index is 962. The molecule has 1 N–H and O–H groups in total. The number of carbonyl (C=O) groups is 1. The number of anilines is 1. The molecule has 0 spiro atoms. The van der Waals surface area contributed by atoms with Crippen molar-refractivity contribution in [2.24, 2.45) is 0 Å². The Morgan fingerprint density at radius 3 is 2.22 bits per heavy atom. The number of nitrogens with zero attached hydrogens (tertiary/aromatic N) is 2. The zero-order valence-electron chi connectivity index (χ0n) is 15.7. The molecular formula is C17H25N3O5S2. The van der Waals surface area contributed by atoms with Crippen molar-refractivity contribution in [2.45, 2.75) is 37.5 Å². The fourth-order valence-corrected chi connectivity index (χ4v) is 6.10. The van der Waals surface area contributed by atoms with Crippen molar-refractivity contribution in [1.29, 1.82) is 0 Å². The van der Waals surface area contributed by atoms with Crippen LogP contribution in [-0.2, 0) is 30.3 Å². The molecule has 1 fully saturated rings. The van der Waals surface area contributed by atoms with Crippen molar-refractivity contribution >= 4 is 31.6 Å². The molecule has 0 radical (unpaired) electrons. The maximum atomic E-state index is 13.0. The molecule has 150 valence electrons. The summed E-state index contributed by atoms with van der Waals surface area (Å²) in [5.74, 6) is -0.0814. The first-order chi connectivity index (χ1) is 12.5. The van der Waals surface area contributed by atoms with Gasteiger partial charge in [0.25, 0.3) is 0 Å². The first-order valence-corrected chi connectivity index (χ1v) is 11.9. The number of sulfonamides is 2. The Hall–Kier alpha value is -1.49. The van der Waals surface area contributed by atoms with Gasteiger partial charge in [-0.3, -0.25) is 4.79 Å². The van der Waals surface area contributed by atoms with Crippen LogP contribution in [0.3, 0.4) is 0 Å². The summed E-state index contributed by atoms with van der Waals surface area (Å²) in [4.78, 5) is 12.0. The van der Waals surface area contributed by atoms with Crippen molar-refractivity contribution < 1.29 is 21.6 Å². The van der Waals surface area contributed by atoms with Crippen LogP contribution in [0.5, 0.6) is 0 Å². The smallest absolute Gasteiger partial charge is 0.243 e. The lowest BCUT2D eigenvalue weighted by Gasteiger charge is -2.34. The molecule has 0 unspecified atom stereocenters. The van der Waals surface area contributed by atoms with Gasteiger partial charge >= 0.3 is 0 Å². The summed E-state index contributed by atoms with van der Waals surface area (Å²) in [6.07, 6.45) is 0.289. The van der Waals surface area contributed by atoms with Gasteiger partial charge in [-0.25, -0.2) is 16.8 Å². The first kappa shape index (κ1) is 20.2. The van der Waals surface area contributed by atoms with Crippen molar-refractivity contribution in [3.63, 3.8) is 0 Å². The van der Waals surface area contributed by atoms with Gasteiger partial charge in [-0.1, -0.05) is 13.8 Å². The molecule has 0 bridgehead atoms. The molecule has 3 rings (SSSR count). The molecule has 1 aromatic carbocycles. The van der Waals surface area contributed by atoms with Crippen molar-refractivity contribution in [3.05, 3.63) is 23.8 Å². The zero-order valence-corrected chi connectivity index (χ0v) is 17.4. The lowest BCUT2D eigenvalue weighted by molar-refractivity contribution is -0.117. The number of fused-ring (bicyclic) bond motifs is 1. The van der Waals surface area contributed by atoms with Crippen LogP contribution in [0.2, 0.25) is 0 Å². The maximum absolute atomic E-state index is 13.0. The number of hydrogen-bond acceptors (Lipinski definition) is 5. The Kier molecular flexibility index (Phi) is 5.13. The topological polar surface area (TPSA) is 104 Å². The monoisotopic (exact) mass is 415 g/mol. The van der Waals surface area contributed by atoms with Crippen LogP contribution in [0.25, 0.3) is 0 Å². The van der Waals surface area contributed by atoms with E-state index < -0.39 is 25.5 Å². The third-order valence-corrected chi connectivity index (χ3v) is 8.97. The summed E-state index contributed by atoms with van der Waals surface area (Å²) in [7, 11) is -7.05. The van der Waals surface area contributed by atoms with Crippen LogP contribution in [0.15, 0.2) is 23.1 Å². The van der Waals surface area contributed by atoms with Crippen LogP contribution in [-0.4, -0.2) is 63.3 Å². The summed E-state index contributed by atoms with van der Waals surface area (Å²) < 4.78 is 52.7. The van der Waals surface area contributed by atoms with Crippen LogP contribution in [0.1, 0.15) is 32.8 Å². The van der Waals surface area contributed by atoms with Crippen LogP contribution >= 0.6 is 0 Å². The summed E-state index contributed by atoms with van der Waals surface area (Å²) in [6, 6.07) is 4.74. The second-order valence-electron chi connectivity index (χ2n) is 7.52. The Balaban J connectivity index is 1.86. The third kappa shape index (κ3) is 3.75. The molecule has 0 aliphatic carbocycles. The highest BCUT2D eigenvalue weighted by molar-refractivity contribution is 7.89. The lowest BCUT2D eigenvalue weighted by Crippen LogP contribution is -2.50. The van der Waals surface area contributed by atoms with Crippen LogP contribution < -0.4 is 5.32 Å². The molecule has 1 saturated heterocycles. The maximum Gasteiger partial charge on any atom is 0.243 e. The fourth-order valence-electron chi connectivity index (χ4n) is 3.56. The van der Waals surface area contributed by atoms with E-state index in [-0.39, 0.29) is 49.2 Å². The van der Waals surface area contributed by atoms with Crippen molar-refractivity contribution in [1.82, 2.24) is 8.61 Å². The Morgan fingerprint density at radius 1 is 1.04 bits per heavy atom. The van der Waals surface area contributed by atoms with E-state index in [1.807, 2.05) is 13.8 Å². The van der Waals surface area contributed by atoms with Crippen molar-refractivity contribution in [2.75, 3.05) is 37.2 Å². The average Bonchev–Trinajstić information content (AvgIpc) is 2.60. The Morgan fingerprint density at radius 2 is 1.63 bits per heavy atom. The number of rotatable bonds is 4. The van der Waals surface area contributed by atoms with Gasteiger partial charge in [0, 0.05) is 43.7 Å². The number of nitrogens with one attached hydrogen (secondary N) is 1. The third-order valence-electron chi connectivity index (χ3n) is 5.19. The molecule has 0 saturated carbocycles. The lowest BCUT2D eigenvalue weighted by atomic mass is 9.78. The number of benzene rings is 1. The predicted octanol–water partition coefficient (Wildman–Crippen LogP) is 0.962. The number of piperazine rings is 1. The molecule has 1 aromatic rings. The number of hydrogen-bond donors (Lipinski definition) is 1. The highest BCUT2D eigenvalue weighted by Crippen LogP contribution is 2.38. The van der Waals surface area contributed by atoms with Gasteiger partial charge in [-0.15, -0.1) is 0 Å². The van der Waals surface area contributed by atoms with E-state index in [4.69, 9.17) is 0 Å². The van der Waals surface area contributed by atoms with Gasteiger partial charge in [-0.05, 0) is 30.7 Å². The van der Waals surface area contributed by atoms with Gasteiger partial charge in [-0.2, -0.15) is 8.61 Å². The van der Waals surface area contributed by atoms with E-state index in [0.29, 0.717) is 5.69 Å². The summed E-state index contributed by atoms with van der Waals surface area (Å²) in [5.41, 5.74) is 0.960. The summed E-state index contributed by atoms with van der Waals surface area (Å²) >= 11 is 0. The quantitative estimate of drug-likeness (QED) is 0.789. The van der Waals surface area contributed by atoms with Crippen LogP contribution in [0.4, 0.5) is 5.69 Å². The molecule has 27 heavy (non-hydrogen) atoms. The summed E-state index contributed by atoms with van der Waals surface area (Å²) in [5, 5.41) is 2.78. The molecule has 8 nitrogen and oxygen atoms in total. The van der Waals surface area contributed by atoms with E-state index in [0.717, 1.165) is 5.56 Å². The van der Waals surface area contributed by atoms with E-state index in [1.54, 1.807) is 19.1 Å². The highest BCUT2D eigenvalue weighted by Gasteiger charge is 2.36. The molecule has 0 atom stereocenters. The first-order valence-electron chi connectivity index (χ1n) is 8.90. The molecule has 2 aliphatic heterocycles. The van der Waals surface area contributed by atoms with Crippen LogP contribution in [0, 0.1) is 0 Å². The SMILES string of the molecule is CCS(=O)(=O)N1CCN(S(=O)(=O)c2ccc3c(c2)C(C)(C)CC(=O)N3)CC1. The largest absolute Gasteiger partial charge is 0.326 e. The minimum Gasteiger partial charge on any atom is -0.326 e. The van der Waals surface area contributed by atoms with Gasteiger partial charge in [0.15, 0.2) is 0 Å². The summed E-state index contributed by atoms with van der Waals surface area (Å²) in [6.45, 7) is 5.96. The van der Waals surface area contributed by atoms with Gasteiger partial charge in [0.1, 0.15) is 0 Å². The standard InChI is InChI=1S/C17H25N3O5S2/c1-4-26(22,23)19-7-9-20(10-8-19)27(24,25)13-5-6-15-14(11-13)17(2,3)12-16(21)18-15/h5-6,11H,4,7-10,12H2,1-3H3,(H,18,21). The van der Waals surface area contributed by atoms with E-state index in [9.17, 15) is 21.6 Å². The molecule has 2 aliphatic rings. The van der Waals surface area contributed by atoms with Gasteiger partial charge in [0.05, 0.1) is 10.6 Å². The Labute approximate surface area is 160 Å². The second kappa shape index (κ2) is 6.84. The molecular weight excluding hydrogens is 390 g/mol. The molecule has 1 amide bonds. The molecule has 10 heteroatoms. The average molecular weight is 416 g/mol. The normalized spacial score (nSPS) is 21.5. The zero-order chi connectivity index (χ0) is 20.0. The van der Waals surface area contributed by atoms with E-state index in [1.165, 1.54) is 14.7 Å². The molecule has 0 aromatic heterocycles. The number of amides is 1. The molecule has 2 heterocycles. The fraction of sp³-hybridized carbons (Fsp3) is 0.588. The number of carbonyl (C=O) groups excluding carboxylic acids is 1. The minimum atomic E-state index is -3.74. The van der Waals surface area contributed by atoms with Gasteiger partial charge in [0.2, 0.25) is 26.0 Å².